The van der Waals surface area contributed by atoms with Crippen molar-refractivity contribution < 1.29 is 0 Å². The zero-order chi connectivity index (χ0) is 11.7. The second-order valence-electron chi connectivity index (χ2n) is 5.47. The molecule has 0 amide bonds. The first kappa shape index (κ1) is 15.0. The Morgan fingerprint density at radius 3 is 1.93 bits per heavy atom. The third kappa shape index (κ3) is 8.92. The Labute approximate surface area is 96.8 Å². The Kier molecular flexibility index (Phi) is 9.18. The van der Waals surface area contributed by atoms with E-state index in [4.69, 9.17) is 5.73 Å². The molecular formula is C14H31N. The molecule has 0 bridgehead atoms. The molecule has 0 aromatic heterocycles. The fraction of sp³-hybridized carbons (Fsp3) is 1.00. The van der Waals surface area contributed by atoms with E-state index in [0.717, 1.165) is 24.3 Å². The summed E-state index contributed by atoms with van der Waals surface area (Å²) in [7, 11) is 0. The van der Waals surface area contributed by atoms with Crippen LogP contribution in [0.25, 0.3) is 0 Å². The van der Waals surface area contributed by atoms with Crippen LogP contribution in [0, 0.1) is 17.8 Å². The molecule has 1 heteroatoms. The van der Waals surface area contributed by atoms with Gasteiger partial charge in [0.25, 0.3) is 0 Å². The van der Waals surface area contributed by atoms with Gasteiger partial charge in [-0.1, -0.05) is 53.4 Å². The van der Waals surface area contributed by atoms with Crippen molar-refractivity contribution in [1.29, 1.82) is 0 Å². The molecule has 0 heterocycles. The van der Waals surface area contributed by atoms with Crippen LogP contribution in [0.2, 0.25) is 0 Å². The molecule has 0 saturated carbocycles. The lowest BCUT2D eigenvalue weighted by Crippen LogP contribution is -2.09. The predicted molar refractivity (Wildman–Crippen MR) is 69.9 cm³/mol. The molecular weight excluding hydrogens is 182 g/mol. The molecule has 0 aromatic rings. The molecule has 15 heavy (non-hydrogen) atoms. The highest BCUT2D eigenvalue weighted by molar-refractivity contribution is 4.61. The average molecular weight is 213 g/mol. The van der Waals surface area contributed by atoms with E-state index >= 15 is 0 Å². The Morgan fingerprint density at radius 1 is 0.867 bits per heavy atom. The zero-order valence-electron chi connectivity index (χ0n) is 11.3. The molecule has 0 aliphatic carbocycles. The van der Waals surface area contributed by atoms with Gasteiger partial charge in [0.1, 0.15) is 0 Å². The molecule has 0 fully saturated rings. The second-order valence-corrected chi connectivity index (χ2v) is 5.47. The maximum atomic E-state index is 5.56. The summed E-state index contributed by atoms with van der Waals surface area (Å²) in [5.41, 5.74) is 5.56. The van der Waals surface area contributed by atoms with Crippen LogP contribution < -0.4 is 5.73 Å². The summed E-state index contributed by atoms with van der Waals surface area (Å²) >= 11 is 0. The largest absolute Gasteiger partial charge is 0.330 e. The average Bonchev–Trinajstić information content (AvgIpc) is 2.17. The lowest BCUT2D eigenvalue weighted by molar-refractivity contribution is 0.358. The minimum atomic E-state index is 0.814. The topological polar surface area (TPSA) is 26.0 Å². The molecule has 92 valence electrons. The van der Waals surface area contributed by atoms with Gasteiger partial charge in [0.05, 0.1) is 0 Å². The molecule has 3 unspecified atom stereocenters. The van der Waals surface area contributed by atoms with Crippen molar-refractivity contribution in [2.45, 2.75) is 66.2 Å². The summed E-state index contributed by atoms with van der Waals surface area (Å²) in [5, 5.41) is 0. The van der Waals surface area contributed by atoms with Gasteiger partial charge in [-0.25, -0.2) is 0 Å². The maximum absolute atomic E-state index is 5.56. The molecule has 0 spiro atoms. The third-order valence-electron chi connectivity index (χ3n) is 3.55. The van der Waals surface area contributed by atoms with Gasteiger partial charge in [-0.3, -0.25) is 0 Å². The molecule has 0 rings (SSSR count). The van der Waals surface area contributed by atoms with Crippen molar-refractivity contribution in [3.8, 4) is 0 Å². The first-order chi connectivity index (χ1) is 7.10. The molecule has 1 nitrogen and oxygen atoms in total. The lowest BCUT2D eigenvalue weighted by Gasteiger charge is -2.17. The number of hydrogen-bond donors (Lipinski definition) is 1. The van der Waals surface area contributed by atoms with Crippen LogP contribution in [0.3, 0.4) is 0 Å². The van der Waals surface area contributed by atoms with Crippen LogP contribution in [-0.4, -0.2) is 6.54 Å². The first-order valence-electron chi connectivity index (χ1n) is 6.80. The van der Waals surface area contributed by atoms with E-state index in [9.17, 15) is 0 Å². The minimum Gasteiger partial charge on any atom is -0.330 e. The number of nitrogens with two attached hydrogens (primary N) is 1. The Bertz CT molecular complexity index is 133. The van der Waals surface area contributed by atoms with Crippen LogP contribution in [0.5, 0.6) is 0 Å². The standard InChI is InChI=1S/C14H31N/c1-5-12(2)7-6-8-13(3)11-14(4)9-10-15/h12-14H,5-11,15H2,1-4H3. The lowest BCUT2D eigenvalue weighted by atomic mass is 9.90. The number of hydrogen-bond acceptors (Lipinski definition) is 1. The van der Waals surface area contributed by atoms with E-state index < -0.39 is 0 Å². The highest BCUT2D eigenvalue weighted by atomic mass is 14.5. The van der Waals surface area contributed by atoms with Crippen molar-refractivity contribution in [2.24, 2.45) is 23.5 Å². The van der Waals surface area contributed by atoms with Gasteiger partial charge in [0, 0.05) is 0 Å². The fourth-order valence-electron chi connectivity index (χ4n) is 2.23. The Hall–Kier alpha value is -0.0400. The van der Waals surface area contributed by atoms with Crippen LogP contribution in [0.4, 0.5) is 0 Å². The maximum Gasteiger partial charge on any atom is -0.00747 e. The third-order valence-corrected chi connectivity index (χ3v) is 3.55. The fourth-order valence-corrected chi connectivity index (χ4v) is 2.23. The first-order valence-corrected chi connectivity index (χ1v) is 6.80. The van der Waals surface area contributed by atoms with E-state index in [2.05, 4.69) is 27.7 Å². The van der Waals surface area contributed by atoms with E-state index in [1.807, 2.05) is 0 Å². The van der Waals surface area contributed by atoms with E-state index in [1.165, 1.54) is 38.5 Å². The van der Waals surface area contributed by atoms with Crippen LogP contribution in [0.1, 0.15) is 66.2 Å². The second kappa shape index (κ2) is 9.21. The van der Waals surface area contributed by atoms with Gasteiger partial charge in [0.2, 0.25) is 0 Å². The summed E-state index contributed by atoms with van der Waals surface area (Å²) < 4.78 is 0. The van der Waals surface area contributed by atoms with E-state index in [1.54, 1.807) is 0 Å². The van der Waals surface area contributed by atoms with Gasteiger partial charge < -0.3 is 5.73 Å². The van der Waals surface area contributed by atoms with E-state index in [0.29, 0.717) is 0 Å². The van der Waals surface area contributed by atoms with Gasteiger partial charge in [-0.2, -0.15) is 0 Å². The molecule has 0 aromatic carbocycles. The van der Waals surface area contributed by atoms with Crippen molar-refractivity contribution >= 4 is 0 Å². The minimum absolute atomic E-state index is 0.814. The summed E-state index contributed by atoms with van der Waals surface area (Å²) in [6.45, 7) is 10.2. The van der Waals surface area contributed by atoms with Crippen LogP contribution in [0.15, 0.2) is 0 Å². The highest BCUT2D eigenvalue weighted by Crippen LogP contribution is 2.21. The van der Waals surface area contributed by atoms with Crippen LogP contribution >= 0.6 is 0 Å². The zero-order valence-corrected chi connectivity index (χ0v) is 11.3. The molecule has 0 aliphatic rings. The smallest absolute Gasteiger partial charge is 0.00747 e. The van der Waals surface area contributed by atoms with Crippen molar-refractivity contribution in [3.05, 3.63) is 0 Å². The SMILES string of the molecule is CCC(C)CCCC(C)CC(C)CCN. The van der Waals surface area contributed by atoms with Gasteiger partial charge in [0.15, 0.2) is 0 Å². The molecule has 0 aliphatic heterocycles. The predicted octanol–water partition coefficient (Wildman–Crippen LogP) is 4.21. The van der Waals surface area contributed by atoms with Crippen LogP contribution in [-0.2, 0) is 0 Å². The molecule has 3 atom stereocenters. The molecule has 0 radical (unpaired) electrons. The van der Waals surface area contributed by atoms with Gasteiger partial charge in [-0.05, 0) is 37.1 Å². The molecule has 0 saturated heterocycles. The summed E-state index contributed by atoms with van der Waals surface area (Å²) in [6, 6.07) is 0. The molecule has 2 N–H and O–H groups in total. The summed E-state index contributed by atoms with van der Waals surface area (Å²) in [4.78, 5) is 0. The van der Waals surface area contributed by atoms with Gasteiger partial charge in [-0.15, -0.1) is 0 Å². The van der Waals surface area contributed by atoms with Crippen molar-refractivity contribution in [3.63, 3.8) is 0 Å². The van der Waals surface area contributed by atoms with Crippen molar-refractivity contribution in [1.82, 2.24) is 0 Å². The normalized spacial score (nSPS) is 17.4. The Balaban J connectivity index is 3.44. The van der Waals surface area contributed by atoms with Crippen molar-refractivity contribution in [2.75, 3.05) is 6.54 Å². The monoisotopic (exact) mass is 213 g/mol. The van der Waals surface area contributed by atoms with E-state index in [-0.39, 0.29) is 0 Å². The Morgan fingerprint density at radius 2 is 1.40 bits per heavy atom. The quantitative estimate of drug-likeness (QED) is 0.610. The summed E-state index contributed by atoms with van der Waals surface area (Å²) in [6.07, 6.45) is 8.10. The summed E-state index contributed by atoms with van der Waals surface area (Å²) in [5.74, 6) is 2.61. The number of rotatable bonds is 9. The van der Waals surface area contributed by atoms with Gasteiger partial charge >= 0.3 is 0 Å². The highest BCUT2D eigenvalue weighted by Gasteiger charge is 2.08.